The van der Waals surface area contributed by atoms with Gasteiger partial charge in [0.2, 0.25) is 12.7 Å². The van der Waals surface area contributed by atoms with Gasteiger partial charge in [-0.15, -0.1) is 0 Å². The van der Waals surface area contributed by atoms with Gasteiger partial charge in [0.05, 0.1) is 6.54 Å². The molecule has 0 unspecified atom stereocenters. The molecule has 0 radical (unpaired) electrons. The fourth-order valence-electron chi connectivity index (χ4n) is 2.62. The number of ether oxygens (including phenoxy) is 2. The largest absolute Gasteiger partial charge is 0.464 e. The van der Waals surface area contributed by atoms with Crippen molar-refractivity contribution in [2.45, 2.75) is 39.8 Å². The van der Waals surface area contributed by atoms with Crippen molar-refractivity contribution in [2.75, 3.05) is 6.79 Å². The smallest absolute Gasteiger partial charge is 0.231 e. The highest BCUT2D eigenvalue weighted by Crippen LogP contribution is 2.33. The third kappa shape index (κ3) is 3.67. The topological polar surface area (TPSA) is 51.9 Å². The Hall–Kier alpha value is -2.43. The van der Waals surface area contributed by atoms with E-state index in [4.69, 9.17) is 13.9 Å². The molecular formula is C18H21NO4. The summed E-state index contributed by atoms with van der Waals surface area (Å²) in [7, 11) is 0. The molecule has 0 bridgehead atoms. The zero-order valence-electron chi connectivity index (χ0n) is 13.5. The molecule has 2 aromatic rings. The summed E-state index contributed by atoms with van der Waals surface area (Å²) in [6.07, 6.45) is 1.36. The first-order valence-corrected chi connectivity index (χ1v) is 7.87. The Morgan fingerprint density at radius 3 is 2.70 bits per heavy atom. The first-order valence-electron chi connectivity index (χ1n) is 7.87. The Labute approximate surface area is 135 Å². The fraction of sp³-hybridized carbons (Fsp3) is 0.389. The van der Waals surface area contributed by atoms with Crippen molar-refractivity contribution in [3.05, 3.63) is 47.4 Å². The minimum Gasteiger partial charge on any atom is -0.464 e. The van der Waals surface area contributed by atoms with Crippen LogP contribution in [0.2, 0.25) is 0 Å². The summed E-state index contributed by atoms with van der Waals surface area (Å²) in [5, 5.41) is 0. The van der Waals surface area contributed by atoms with Gasteiger partial charge in [-0.25, -0.2) is 0 Å². The van der Waals surface area contributed by atoms with Crippen molar-refractivity contribution in [3.63, 3.8) is 0 Å². The Kier molecular flexibility index (Phi) is 4.55. The van der Waals surface area contributed by atoms with Crippen LogP contribution >= 0.6 is 0 Å². The van der Waals surface area contributed by atoms with E-state index in [1.807, 2.05) is 49.1 Å². The lowest BCUT2D eigenvalue weighted by atomic mass is 10.1. The Morgan fingerprint density at radius 1 is 1.13 bits per heavy atom. The van der Waals surface area contributed by atoms with Crippen LogP contribution in [0.25, 0.3) is 0 Å². The number of hydrogen-bond donors (Lipinski definition) is 0. The van der Waals surface area contributed by atoms with Crippen molar-refractivity contribution in [3.8, 4) is 11.5 Å². The van der Waals surface area contributed by atoms with Crippen molar-refractivity contribution in [1.29, 1.82) is 0 Å². The SMILES string of the molecule is CCCC(=O)N(Cc1ccc2c(c1)OCO2)Cc1ccc(C)o1. The lowest BCUT2D eigenvalue weighted by Crippen LogP contribution is -2.29. The van der Waals surface area contributed by atoms with Gasteiger partial charge in [0.25, 0.3) is 0 Å². The summed E-state index contributed by atoms with van der Waals surface area (Å²) in [5.41, 5.74) is 1.02. The lowest BCUT2D eigenvalue weighted by molar-refractivity contribution is -0.132. The summed E-state index contributed by atoms with van der Waals surface area (Å²) >= 11 is 0. The van der Waals surface area contributed by atoms with Crippen LogP contribution in [0.5, 0.6) is 11.5 Å². The van der Waals surface area contributed by atoms with Gasteiger partial charge in [-0.05, 0) is 43.2 Å². The molecule has 0 fully saturated rings. The number of furan rings is 1. The third-order valence-electron chi connectivity index (χ3n) is 3.77. The Bertz CT molecular complexity index is 692. The maximum absolute atomic E-state index is 12.4. The van der Waals surface area contributed by atoms with E-state index in [-0.39, 0.29) is 12.7 Å². The maximum Gasteiger partial charge on any atom is 0.231 e. The number of carbonyl (C=O) groups excluding carboxylic acids is 1. The lowest BCUT2D eigenvalue weighted by Gasteiger charge is -2.22. The van der Waals surface area contributed by atoms with Gasteiger partial charge >= 0.3 is 0 Å². The van der Waals surface area contributed by atoms with Crippen molar-refractivity contribution < 1.29 is 18.7 Å². The molecular weight excluding hydrogens is 294 g/mol. The molecule has 0 spiro atoms. The van der Waals surface area contributed by atoms with Gasteiger partial charge in [-0.3, -0.25) is 4.79 Å². The number of amides is 1. The molecule has 122 valence electrons. The molecule has 2 heterocycles. The Morgan fingerprint density at radius 2 is 1.96 bits per heavy atom. The molecule has 0 saturated carbocycles. The van der Waals surface area contributed by atoms with Crippen LogP contribution in [0.15, 0.2) is 34.7 Å². The van der Waals surface area contributed by atoms with Gasteiger partial charge in [0.15, 0.2) is 11.5 Å². The summed E-state index contributed by atoms with van der Waals surface area (Å²) in [4.78, 5) is 14.2. The summed E-state index contributed by atoms with van der Waals surface area (Å²) < 4.78 is 16.3. The quantitative estimate of drug-likeness (QED) is 0.816. The molecule has 3 rings (SSSR count). The Balaban J connectivity index is 1.76. The number of benzene rings is 1. The normalized spacial score (nSPS) is 12.4. The molecule has 1 aromatic carbocycles. The highest BCUT2D eigenvalue weighted by molar-refractivity contribution is 5.76. The third-order valence-corrected chi connectivity index (χ3v) is 3.77. The molecule has 1 aliphatic heterocycles. The number of carbonyl (C=O) groups is 1. The summed E-state index contributed by atoms with van der Waals surface area (Å²) in [5.74, 6) is 3.26. The van der Waals surface area contributed by atoms with Gasteiger partial charge < -0.3 is 18.8 Å². The first-order chi connectivity index (χ1) is 11.2. The van der Waals surface area contributed by atoms with Crippen molar-refractivity contribution in [1.82, 2.24) is 4.90 Å². The van der Waals surface area contributed by atoms with Crippen molar-refractivity contribution >= 4 is 5.91 Å². The molecule has 5 nitrogen and oxygen atoms in total. The predicted octanol–water partition coefficient (Wildman–Crippen LogP) is 3.65. The number of hydrogen-bond acceptors (Lipinski definition) is 4. The van der Waals surface area contributed by atoms with Crippen LogP contribution in [0.1, 0.15) is 36.8 Å². The monoisotopic (exact) mass is 315 g/mol. The number of fused-ring (bicyclic) bond motifs is 1. The summed E-state index contributed by atoms with van der Waals surface area (Å²) in [6, 6.07) is 9.62. The highest BCUT2D eigenvalue weighted by Gasteiger charge is 2.18. The van der Waals surface area contributed by atoms with E-state index in [1.165, 1.54) is 0 Å². The van der Waals surface area contributed by atoms with E-state index >= 15 is 0 Å². The molecule has 1 amide bonds. The van der Waals surface area contributed by atoms with Crippen LogP contribution in [-0.2, 0) is 17.9 Å². The van der Waals surface area contributed by atoms with Crippen LogP contribution < -0.4 is 9.47 Å². The molecule has 0 aliphatic carbocycles. The second-order valence-corrected chi connectivity index (χ2v) is 5.70. The summed E-state index contributed by atoms with van der Waals surface area (Å²) in [6.45, 7) is 5.16. The molecule has 5 heteroatoms. The van der Waals surface area contributed by atoms with Gasteiger partial charge in [0.1, 0.15) is 11.5 Å². The molecule has 1 aromatic heterocycles. The van der Waals surface area contributed by atoms with E-state index in [0.29, 0.717) is 19.5 Å². The minimum atomic E-state index is 0.124. The number of nitrogens with zero attached hydrogens (tertiary/aromatic N) is 1. The van der Waals surface area contributed by atoms with Crippen LogP contribution in [0.3, 0.4) is 0 Å². The van der Waals surface area contributed by atoms with Crippen LogP contribution in [0.4, 0.5) is 0 Å². The van der Waals surface area contributed by atoms with E-state index in [1.54, 1.807) is 0 Å². The molecule has 1 aliphatic rings. The predicted molar refractivity (Wildman–Crippen MR) is 85.2 cm³/mol. The number of aryl methyl sites for hydroxylation is 1. The molecule has 0 atom stereocenters. The molecule has 23 heavy (non-hydrogen) atoms. The fourth-order valence-corrected chi connectivity index (χ4v) is 2.62. The minimum absolute atomic E-state index is 0.124. The molecule has 0 saturated heterocycles. The van der Waals surface area contributed by atoms with E-state index in [9.17, 15) is 4.79 Å². The highest BCUT2D eigenvalue weighted by atomic mass is 16.7. The zero-order chi connectivity index (χ0) is 16.2. The first kappa shape index (κ1) is 15.5. The average molecular weight is 315 g/mol. The second-order valence-electron chi connectivity index (χ2n) is 5.70. The number of rotatable bonds is 6. The van der Waals surface area contributed by atoms with E-state index in [0.717, 1.165) is 35.0 Å². The van der Waals surface area contributed by atoms with Gasteiger partial charge in [-0.2, -0.15) is 0 Å². The van der Waals surface area contributed by atoms with Crippen LogP contribution in [-0.4, -0.2) is 17.6 Å². The van der Waals surface area contributed by atoms with Gasteiger partial charge in [-0.1, -0.05) is 13.0 Å². The van der Waals surface area contributed by atoms with E-state index < -0.39 is 0 Å². The van der Waals surface area contributed by atoms with Crippen LogP contribution in [0, 0.1) is 6.92 Å². The van der Waals surface area contributed by atoms with Crippen molar-refractivity contribution in [2.24, 2.45) is 0 Å². The molecule has 0 N–H and O–H groups in total. The van der Waals surface area contributed by atoms with Gasteiger partial charge in [0, 0.05) is 13.0 Å². The maximum atomic E-state index is 12.4. The van der Waals surface area contributed by atoms with E-state index in [2.05, 4.69) is 0 Å². The average Bonchev–Trinajstić information content (AvgIpc) is 3.15. The standard InChI is InChI=1S/C18H21NO4/c1-3-4-18(20)19(11-15-7-5-13(2)23-15)10-14-6-8-16-17(9-14)22-12-21-16/h5-9H,3-4,10-12H2,1-2H3. The zero-order valence-corrected chi connectivity index (χ0v) is 13.5. The second kappa shape index (κ2) is 6.77.